The highest BCUT2D eigenvalue weighted by atomic mass is 32.1. The molecule has 0 unspecified atom stereocenters. The van der Waals surface area contributed by atoms with E-state index in [2.05, 4.69) is 15.3 Å². The van der Waals surface area contributed by atoms with E-state index in [1.165, 1.54) is 6.33 Å². The molecule has 0 fully saturated rings. The molecule has 1 atom stereocenters. The van der Waals surface area contributed by atoms with Gasteiger partial charge in [0.25, 0.3) is 0 Å². The molecule has 0 aliphatic heterocycles. The summed E-state index contributed by atoms with van der Waals surface area (Å²) in [6.45, 7) is 2.44. The van der Waals surface area contributed by atoms with Crippen molar-refractivity contribution in [2.75, 3.05) is 0 Å². The minimum atomic E-state index is -0.327. The first-order valence-electron chi connectivity index (χ1n) is 5.24. The summed E-state index contributed by atoms with van der Waals surface area (Å²) in [6, 6.07) is 1.81. The summed E-state index contributed by atoms with van der Waals surface area (Å²) in [7, 11) is 0. The molecule has 5 nitrogen and oxygen atoms in total. The van der Waals surface area contributed by atoms with E-state index in [1.54, 1.807) is 12.6 Å². The number of nitrogens with two attached hydrogens (primary N) is 1. The van der Waals surface area contributed by atoms with Crippen molar-refractivity contribution in [3.05, 3.63) is 30.7 Å². The maximum atomic E-state index is 10.7. The van der Waals surface area contributed by atoms with E-state index in [0.29, 0.717) is 18.0 Å². The Hall–Kier alpha value is -1.56. The standard InChI is InChI=1S/C11H15N4OS/c1-8(4-10(12)16)5-11(17)14-6-9-2-3-13-7-15-9/h2-3,5,7-8H,4,6H2,1H3,(H2,12,16)(H,14,17)/t8-/m1/s1. The third-order valence-electron chi connectivity index (χ3n) is 2.05. The molecular weight excluding hydrogens is 236 g/mol. The third-order valence-corrected chi connectivity index (χ3v) is 2.33. The number of hydrogen-bond donors (Lipinski definition) is 2. The normalized spacial score (nSPS) is 11.8. The summed E-state index contributed by atoms with van der Waals surface area (Å²) in [6.07, 6.45) is 5.27. The molecular formula is C11H15N4OS. The number of hydrogen-bond acceptors (Lipinski definition) is 4. The molecule has 1 aromatic rings. The summed E-state index contributed by atoms with van der Waals surface area (Å²) >= 11 is 5.12. The summed E-state index contributed by atoms with van der Waals surface area (Å²) in [5, 5.41) is 3.04. The van der Waals surface area contributed by atoms with E-state index in [1.807, 2.05) is 13.0 Å². The van der Waals surface area contributed by atoms with Crippen LogP contribution in [0.5, 0.6) is 0 Å². The van der Waals surface area contributed by atoms with Crippen molar-refractivity contribution in [1.29, 1.82) is 0 Å². The lowest BCUT2D eigenvalue weighted by atomic mass is 10.0. The number of amides is 1. The van der Waals surface area contributed by atoms with Gasteiger partial charge in [-0.05, 0) is 12.0 Å². The molecule has 0 saturated carbocycles. The second-order valence-electron chi connectivity index (χ2n) is 3.73. The lowest BCUT2D eigenvalue weighted by Crippen LogP contribution is -2.25. The predicted octanol–water partition coefficient (Wildman–Crippen LogP) is 0.609. The quantitative estimate of drug-likeness (QED) is 0.724. The van der Waals surface area contributed by atoms with Crippen LogP contribution in [0.25, 0.3) is 0 Å². The number of nitrogens with one attached hydrogen (secondary N) is 1. The van der Waals surface area contributed by atoms with Gasteiger partial charge < -0.3 is 11.1 Å². The van der Waals surface area contributed by atoms with Gasteiger partial charge in [-0.3, -0.25) is 4.79 Å². The minimum Gasteiger partial charge on any atom is -0.374 e. The molecule has 6 heteroatoms. The van der Waals surface area contributed by atoms with E-state index in [4.69, 9.17) is 18.0 Å². The first-order valence-corrected chi connectivity index (χ1v) is 5.64. The lowest BCUT2D eigenvalue weighted by Gasteiger charge is -2.11. The molecule has 0 saturated heterocycles. The van der Waals surface area contributed by atoms with Gasteiger partial charge in [0.2, 0.25) is 5.91 Å². The zero-order chi connectivity index (χ0) is 12.7. The smallest absolute Gasteiger partial charge is 0.217 e. The fourth-order valence-corrected chi connectivity index (χ4v) is 1.60. The van der Waals surface area contributed by atoms with Crippen LogP contribution in [0.3, 0.4) is 0 Å². The number of aromatic nitrogens is 2. The van der Waals surface area contributed by atoms with Crippen LogP contribution in [0, 0.1) is 12.3 Å². The van der Waals surface area contributed by atoms with Gasteiger partial charge in [-0.25, -0.2) is 9.97 Å². The van der Waals surface area contributed by atoms with Crippen molar-refractivity contribution in [2.45, 2.75) is 19.9 Å². The topological polar surface area (TPSA) is 80.9 Å². The van der Waals surface area contributed by atoms with E-state index >= 15 is 0 Å². The first kappa shape index (κ1) is 13.5. The fourth-order valence-electron chi connectivity index (χ4n) is 1.29. The maximum Gasteiger partial charge on any atom is 0.217 e. The van der Waals surface area contributed by atoms with Gasteiger partial charge in [-0.1, -0.05) is 19.1 Å². The van der Waals surface area contributed by atoms with Crippen molar-refractivity contribution in [2.24, 2.45) is 11.7 Å². The van der Waals surface area contributed by atoms with Crippen molar-refractivity contribution >= 4 is 23.1 Å². The molecule has 1 heterocycles. The summed E-state index contributed by atoms with van der Waals surface area (Å²) < 4.78 is 0. The lowest BCUT2D eigenvalue weighted by molar-refractivity contribution is -0.118. The summed E-state index contributed by atoms with van der Waals surface area (Å²) in [4.78, 5) is 19.2. The Morgan fingerprint density at radius 2 is 2.47 bits per heavy atom. The molecule has 0 bridgehead atoms. The van der Waals surface area contributed by atoms with Crippen LogP contribution in [0.2, 0.25) is 0 Å². The Morgan fingerprint density at radius 3 is 3.06 bits per heavy atom. The molecule has 0 aromatic carbocycles. The van der Waals surface area contributed by atoms with Crippen LogP contribution >= 0.6 is 12.2 Å². The molecule has 91 valence electrons. The highest BCUT2D eigenvalue weighted by molar-refractivity contribution is 7.80. The van der Waals surface area contributed by atoms with Gasteiger partial charge in [0.05, 0.1) is 17.2 Å². The Balaban J connectivity index is 2.28. The average molecular weight is 251 g/mol. The van der Waals surface area contributed by atoms with Gasteiger partial charge >= 0.3 is 0 Å². The van der Waals surface area contributed by atoms with Gasteiger partial charge in [0, 0.05) is 19.0 Å². The van der Waals surface area contributed by atoms with Crippen molar-refractivity contribution in [1.82, 2.24) is 15.3 Å². The van der Waals surface area contributed by atoms with Crippen LogP contribution in [0.15, 0.2) is 18.6 Å². The monoisotopic (exact) mass is 251 g/mol. The third kappa shape index (κ3) is 5.91. The van der Waals surface area contributed by atoms with E-state index in [-0.39, 0.29) is 11.8 Å². The van der Waals surface area contributed by atoms with Crippen LogP contribution in [-0.2, 0) is 11.3 Å². The number of carbonyl (C=O) groups excluding carboxylic acids is 1. The number of rotatable bonds is 6. The highest BCUT2D eigenvalue weighted by Gasteiger charge is 2.09. The van der Waals surface area contributed by atoms with Gasteiger partial charge in [0.1, 0.15) is 6.33 Å². The second kappa shape index (κ2) is 6.90. The molecule has 0 spiro atoms. The summed E-state index contributed by atoms with van der Waals surface area (Å²) in [5.41, 5.74) is 5.95. The zero-order valence-corrected chi connectivity index (χ0v) is 10.4. The number of primary amides is 1. The van der Waals surface area contributed by atoms with Crippen LogP contribution in [0.1, 0.15) is 19.0 Å². The molecule has 1 amide bonds. The van der Waals surface area contributed by atoms with Gasteiger partial charge in [0.15, 0.2) is 0 Å². The SMILES string of the molecule is C[C@@H]([CH]C(=S)NCc1ccncn1)CC(N)=O. The molecule has 17 heavy (non-hydrogen) atoms. The highest BCUT2D eigenvalue weighted by Crippen LogP contribution is 2.06. The Morgan fingerprint density at radius 1 is 1.71 bits per heavy atom. The molecule has 0 aliphatic rings. The largest absolute Gasteiger partial charge is 0.374 e. The number of carbonyl (C=O) groups is 1. The Kier molecular flexibility index (Phi) is 5.48. The van der Waals surface area contributed by atoms with E-state index in [9.17, 15) is 4.79 Å². The van der Waals surface area contributed by atoms with E-state index in [0.717, 1.165) is 5.69 Å². The Bertz CT molecular complexity index is 382. The summed E-state index contributed by atoms with van der Waals surface area (Å²) in [5.74, 6) is -0.287. The first-order chi connectivity index (χ1) is 8.08. The predicted molar refractivity (Wildman–Crippen MR) is 68.7 cm³/mol. The van der Waals surface area contributed by atoms with Gasteiger partial charge in [-0.2, -0.15) is 0 Å². The van der Waals surface area contributed by atoms with Crippen molar-refractivity contribution in [3.63, 3.8) is 0 Å². The second-order valence-corrected chi connectivity index (χ2v) is 4.17. The van der Waals surface area contributed by atoms with Crippen molar-refractivity contribution < 1.29 is 4.79 Å². The number of nitrogens with zero attached hydrogens (tertiary/aromatic N) is 2. The average Bonchev–Trinajstić information content (AvgIpc) is 2.26. The van der Waals surface area contributed by atoms with Gasteiger partial charge in [-0.15, -0.1) is 0 Å². The minimum absolute atomic E-state index is 0.0397. The molecule has 3 N–H and O–H groups in total. The van der Waals surface area contributed by atoms with Crippen LogP contribution in [0.4, 0.5) is 0 Å². The Labute approximate surface area is 106 Å². The van der Waals surface area contributed by atoms with Crippen LogP contribution < -0.4 is 11.1 Å². The van der Waals surface area contributed by atoms with Crippen molar-refractivity contribution in [3.8, 4) is 0 Å². The van der Waals surface area contributed by atoms with Crippen LogP contribution in [-0.4, -0.2) is 20.9 Å². The number of thiocarbonyl (C=S) groups is 1. The molecule has 1 rings (SSSR count). The molecule has 1 aromatic heterocycles. The maximum absolute atomic E-state index is 10.7. The molecule has 0 aliphatic carbocycles. The van der Waals surface area contributed by atoms with E-state index < -0.39 is 0 Å². The fraction of sp³-hybridized carbons (Fsp3) is 0.364. The molecule has 1 radical (unpaired) electrons. The zero-order valence-electron chi connectivity index (χ0n) is 9.59.